The lowest BCUT2D eigenvalue weighted by Crippen LogP contribution is -2.48. The number of rotatable bonds is 6. The van der Waals surface area contributed by atoms with Crippen LogP contribution in [0.3, 0.4) is 0 Å². The third-order valence-electron chi connectivity index (χ3n) is 4.78. The number of carbonyl (C=O) groups excluding carboxylic acids is 2. The molecule has 1 aromatic heterocycles. The second-order valence-corrected chi connectivity index (χ2v) is 6.61. The van der Waals surface area contributed by atoms with E-state index in [0.717, 1.165) is 5.56 Å². The van der Waals surface area contributed by atoms with Crippen molar-refractivity contribution in [3.63, 3.8) is 0 Å². The van der Waals surface area contributed by atoms with Crippen molar-refractivity contribution in [1.82, 2.24) is 20.2 Å². The minimum atomic E-state index is -0.286. The van der Waals surface area contributed by atoms with E-state index in [1.165, 1.54) is 0 Å². The fourth-order valence-electron chi connectivity index (χ4n) is 3.11. The van der Waals surface area contributed by atoms with Crippen molar-refractivity contribution in [1.29, 1.82) is 0 Å². The summed E-state index contributed by atoms with van der Waals surface area (Å²) in [5.74, 6) is 1.51. The number of hydrogen-bond acceptors (Lipinski definition) is 7. The summed E-state index contributed by atoms with van der Waals surface area (Å²) < 4.78 is 10.5. The number of aromatic nitrogens is 2. The maximum atomic E-state index is 12.5. The smallest absolute Gasteiger partial charge is 0.270 e. The van der Waals surface area contributed by atoms with Gasteiger partial charge < -0.3 is 24.6 Å². The van der Waals surface area contributed by atoms with Crippen LogP contribution in [-0.2, 0) is 11.3 Å². The molecule has 1 aliphatic heterocycles. The quantitative estimate of drug-likeness (QED) is 0.777. The molecule has 9 nitrogen and oxygen atoms in total. The molecule has 2 heterocycles. The lowest BCUT2D eigenvalue weighted by Gasteiger charge is -2.34. The predicted molar refractivity (Wildman–Crippen MR) is 107 cm³/mol. The number of carbonyl (C=O) groups is 2. The Labute approximate surface area is 169 Å². The van der Waals surface area contributed by atoms with Crippen LogP contribution >= 0.6 is 0 Å². The first-order valence-electron chi connectivity index (χ1n) is 9.34. The maximum Gasteiger partial charge on any atom is 0.270 e. The Morgan fingerprint density at radius 2 is 1.79 bits per heavy atom. The zero-order valence-electron chi connectivity index (χ0n) is 16.8. The van der Waals surface area contributed by atoms with Gasteiger partial charge in [-0.2, -0.15) is 0 Å². The number of piperazine rings is 1. The third-order valence-corrected chi connectivity index (χ3v) is 4.78. The molecule has 154 valence electrons. The van der Waals surface area contributed by atoms with Crippen LogP contribution < -0.4 is 19.7 Å². The standard InChI is InChI=1S/C20H25N5O4/c1-14(26)24-8-10-25(11-9-24)20-21-7-6-16(23-20)19(27)22-13-15-4-5-17(28-2)18(12-15)29-3/h4-7,12H,8-11,13H2,1-3H3,(H,22,27). The summed E-state index contributed by atoms with van der Waals surface area (Å²) in [5.41, 5.74) is 1.18. The topological polar surface area (TPSA) is 96.9 Å². The largest absolute Gasteiger partial charge is 0.493 e. The molecule has 2 aromatic rings. The van der Waals surface area contributed by atoms with E-state index >= 15 is 0 Å². The zero-order valence-corrected chi connectivity index (χ0v) is 16.8. The zero-order chi connectivity index (χ0) is 20.8. The first-order valence-corrected chi connectivity index (χ1v) is 9.34. The van der Waals surface area contributed by atoms with Gasteiger partial charge in [0.05, 0.1) is 14.2 Å². The summed E-state index contributed by atoms with van der Waals surface area (Å²) in [6, 6.07) is 7.06. The summed E-state index contributed by atoms with van der Waals surface area (Å²) >= 11 is 0. The van der Waals surface area contributed by atoms with Gasteiger partial charge >= 0.3 is 0 Å². The molecule has 0 unspecified atom stereocenters. The van der Waals surface area contributed by atoms with Crippen molar-refractivity contribution in [2.24, 2.45) is 0 Å². The number of nitrogens with zero attached hydrogens (tertiary/aromatic N) is 4. The Balaban J connectivity index is 1.62. The highest BCUT2D eigenvalue weighted by Crippen LogP contribution is 2.27. The Hall–Kier alpha value is -3.36. The molecule has 0 spiro atoms. The predicted octanol–water partition coefficient (Wildman–Crippen LogP) is 1.09. The highest BCUT2D eigenvalue weighted by atomic mass is 16.5. The van der Waals surface area contributed by atoms with Gasteiger partial charge in [-0.25, -0.2) is 9.97 Å². The Morgan fingerprint density at radius 3 is 2.45 bits per heavy atom. The molecular formula is C20H25N5O4. The molecule has 0 bridgehead atoms. The molecule has 1 N–H and O–H groups in total. The van der Waals surface area contributed by atoms with E-state index in [2.05, 4.69) is 15.3 Å². The van der Waals surface area contributed by atoms with Gasteiger partial charge in [-0.3, -0.25) is 9.59 Å². The van der Waals surface area contributed by atoms with Gasteiger partial charge in [0.1, 0.15) is 5.69 Å². The van der Waals surface area contributed by atoms with Crippen LogP contribution in [0.25, 0.3) is 0 Å². The van der Waals surface area contributed by atoms with Crippen molar-refractivity contribution in [3.05, 3.63) is 41.7 Å². The summed E-state index contributed by atoms with van der Waals surface area (Å²) in [6.45, 7) is 4.40. The van der Waals surface area contributed by atoms with Crippen LogP contribution in [0.4, 0.5) is 5.95 Å². The molecule has 2 amide bonds. The molecule has 3 rings (SSSR count). The van der Waals surface area contributed by atoms with Gasteiger partial charge in [0, 0.05) is 45.8 Å². The summed E-state index contributed by atoms with van der Waals surface area (Å²) in [6.07, 6.45) is 1.57. The van der Waals surface area contributed by atoms with Crippen molar-refractivity contribution in [2.75, 3.05) is 45.3 Å². The first-order chi connectivity index (χ1) is 14.0. The number of anilines is 1. The third kappa shape index (κ3) is 4.92. The maximum absolute atomic E-state index is 12.5. The molecule has 0 aliphatic carbocycles. The van der Waals surface area contributed by atoms with Crippen LogP contribution in [0.1, 0.15) is 23.0 Å². The fourth-order valence-corrected chi connectivity index (χ4v) is 3.11. The number of amides is 2. The molecule has 0 radical (unpaired) electrons. The Kier molecular flexibility index (Phi) is 6.48. The lowest BCUT2D eigenvalue weighted by molar-refractivity contribution is -0.129. The van der Waals surface area contributed by atoms with Gasteiger partial charge in [-0.1, -0.05) is 6.07 Å². The van der Waals surface area contributed by atoms with Gasteiger partial charge in [-0.15, -0.1) is 0 Å². The SMILES string of the molecule is COc1ccc(CNC(=O)c2ccnc(N3CCN(C(C)=O)CC3)n2)cc1OC. The van der Waals surface area contributed by atoms with E-state index < -0.39 is 0 Å². The minimum Gasteiger partial charge on any atom is -0.493 e. The second-order valence-electron chi connectivity index (χ2n) is 6.61. The molecule has 1 saturated heterocycles. The summed E-state index contributed by atoms with van der Waals surface area (Å²) in [5, 5.41) is 2.86. The van der Waals surface area contributed by atoms with Crippen LogP contribution in [0.15, 0.2) is 30.5 Å². The Bertz CT molecular complexity index is 881. The van der Waals surface area contributed by atoms with Gasteiger partial charge in [0.2, 0.25) is 11.9 Å². The highest BCUT2D eigenvalue weighted by molar-refractivity contribution is 5.92. The molecule has 0 atom stereocenters. The van der Waals surface area contributed by atoms with E-state index in [1.54, 1.807) is 44.4 Å². The minimum absolute atomic E-state index is 0.0638. The molecule has 1 aromatic carbocycles. The van der Waals surface area contributed by atoms with E-state index in [9.17, 15) is 9.59 Å². The van der Waals surface area contributed by atoms with Crippen molar-refractivity contribution >= 4 is 17.8 Å². The number of benzene rings is 1. The normalized spacial score (nSPS) is 13.8. The second kappa shape index (κ2) is 9.22. The number of nitrogens with one attached hydrogen (secondary N) is 1. The molecule has 1 aliphatic rings. The molecular weight excluding hydrogens is 374 g/mol. The number of methoxy groups -OCH3 is 2. The van der Waals surface area contributed by atoms with Crippen molar-refractivity contribution < 1.29 is 19.1 Å². The number of hydrogen-bond donors (Lipinski definition) is 1. The van der Waals surface area contributed by atoms with E-state index in [4.69, 9.17) is 9.47 Å². The van der Waals surface area contributed by atoms with E-state index in [-0.39, 0.29) is 11.8 Å². The van der Waals surface area contributed by atoms with E-state index in [1.807, 2.05) is 17.0 Å². The molecule has 9 heteroatoms. The van der Waals surface area contributed by atoms with E-state index in [0.29, 0.717) is 55.9 Å². The van der Waals surface area contributed by atoms with Crippen LogP contribution in [0.2, 0.25) is 0 Å². The number of ether oxygens (including phenoxy) is 2. The molecule has 1 fully saturated rings. The van der Waals surface area contributed by atoms with Gasteiger partial charge in [0.15, 0.2) is 11.5 Å². The first kappa shape index (κ1) is 20.4. The molecule has 0 saturated carbocycles. The average Bonchev–Trinajstić information content (AvgIpc) is 2.77. The average molecular weight is 399 g/mol. The van der Waals surface area contributed by atoms with Crippen molar-refractivity contribution in [3.8, 4) is 11.5 Å². The fraction of sp³-hybridized carbons (Fsp3) is 0.400. The van der Waals surface area contributed by atoms with Gasteiger partial charge in [-0.05, 0) is 23.8 Å². The lowest BCUT2D eigenvalue weighted by atomic mass is 10.2. The molecule has 29 heavy (non-hydrogen) atoms. The van der Waals surface area contributed by atoms with Gasteiger partial charge in [0.25, 0.3) is 5.91 Å². The van der Waals surface area contributed by atoms with Crippen LogP contribution in [-0.4, -0.2) is 67.1 Å². The summed E-state index contributed by atoms with van der Waals surface area (Å²) in [7, 11) is 3.14. The van der Waals surface area contributed by atoms with Crippen LogP contribution in [0.5, 0.6) is 11.5 Å². The Morgan fingerprint density at radius 1 is 1.07 bits per heavy atom. The highest BCUT2D eigenvalue weighted by Gasteiger charge is 2.21. The monoisotopic (exact) mass is 399 g/mol. The van der Waals surface area contributed by atoms with Crippen LogP contribution in [0, 0.1) is 0 Å². The summed E-state index contributed by atoms with van der Waals surface area (Å²) in [4.78, 5) is 36.4. The van der Waals surface area contributed by atoms with Crippen molar-refractivity contribution in [2.45, 2.75) is 13.5 Å².